The van der Waals surface area contributed by atoms with Crippen LogP contribution in [0.2, 0.25) is 0 Å². The molecule has 0 aliphatic carbocycles. The lowest BCUT2D eigenvalue weighted by Crippen LogP contribution is -2.08. The van der Waals surface area contributed by atoms with Crippen LogP contribution in [-0.2, 0) is 8.85 Å². The Balaban J connectivity index is 2.75. The minimum atomic E-state index is -0.191. The van der Waals surface area contributed by atoms with E-state index in [1.807, 2.05) is 0 Å². The van der Waals surface area contributed by atoms with Gasteiger partial charge in [-0.25, -0.2) is 0 Å². The lowest BCUT2D eigenvalue weighted by atomic mass is 10.8. The van der Waals surface area contributed by atoms with Crippen molar-refractivity contribution in [3.63, 3.8) is 0 Å². The molecule has 0 amide bonds. The summed E-state index contributed by atoms with van der Waals surface area (Å²) in [7, 11) is 1.43. The minimum absolute atomic E-state index is 0.191. The van der Waals surface area contributed by atoms with E-state index in [4.69, 9.17) is 8.85 Å². The van der Waals surface area contributed by atoms with Crippen LogP contribution in [0, 0.1) is 6.92 Å². The largest absolute Gasteiger partial charge is 0.404 e. The highest BCUT2D eigenvalue weighted by molar-refractivity contribution is 5.99. The molecule has 0 rings (SSSR count). The highest BCUT2D eigenvalue weighted by Gasteiger charge is 1.86. The normalized spacial score (nSPS) is 15.5. The van der Waals surface area contributed by atoms with Crippen LogP contribution in [0.25, 0.3) is 0 Å². The molecule has 0 unspecified atom stereocenters. The van der Waals surface area contributed by atoms with Gasteiger partial charge in [0, 0.05) is 6.92 Å². The summed E-state index contributed by atoms with van der Waals surface area (Å²) in [6.07, 6.45) is -0.191. The number of hydrogen-bond donors (Lipinski definition) is 0. The van der Waals surface area contributed by atoms with Crippen molar-refractivity contribution in [1.82, 2.24) is 0 Å². The summed E-state index contributed by atoms with van der Waals surface area (Å²) in [5.74, 6) is 0. The van der Waals surface area contributed by atoms with Gasteiger partial charge in [0.1, 0.15) is 27.3 Å². The van der Waals surface area contributed by atoms with Gasteiger partial charge >= 0.3 is 0 Å². The third-order valence-corrected chi connectivity index (χ3v) is 1.58. The van der Waals surface area contributed by atoms with E-state index in [0.29, 0.717) is 0 Å². The van der Waals surface area contributed by atoms with Crippen molar-refractivity contribution in [3.8, 4) is 0 Å². The lowest BCUT2D eigenvalue weighted by molar-refractivity contribution is 0.0615. The van der Waals surface area contributed by atoms with Crippen LogP contribution >= 0.6 is 0 Å². The standard InChI is InChI=1S/C2H9O2Si2/c1-2(3-5)4-6/h2H,1H2,5-6H3. The molecule has 6 heavy (non-hydrogen) atoms. The molecule has 0 aliphatic rings. The van der Waals surface area contributed by atoms with E-state index in [9.17, 15) is 0 Å². The SMILES string of the molecule is [CH2]C(O[SiH3])O[SiH3]. The van der Waals surface area contributed by atoms with Crippen LogP contribution in [0.4, 0.5) is 0 Å². The van der Waals surface area contributed by atoms with Crippen molar-refractivity contribution in [1.29, 1.82) is 0 Å². The Hall–Kier alpha value is 0.354. The molecule has 4 heteroatoms. The van der Waals surface area contributed by atoms with Gasteiger partial charge in [0.05, 0.1) is 0 Å². The third-order valence-electron chi connectivity index (χ3n) is 0.526. The molecule has 0 spiro atoms. The highest BCUT2D eigenvalue weighted by Crippen LogP contribution is 1.80. The molecule has 0 aromatic carbocycles. The van der Waals surface area contributed by atoms with Gasteiger partial charge in [-0.2, -0.15) is 0 Å². The van der Waals surface area contributed by atoms with E-state index in [1.165, 1.54) is 0 Å². The predicted molar refractivity (Wildman–Crippen MR) is 31.2 cm³/mol. The fourth-order valence-electron chi connectivity index (χ4n) is 0.0962. The van der Waals surface area contributed by atoms with Crippen molar-refractivity contribution >= 4 is 21.0 Å². The average molecular weight is 121 g/mol. The first-order valence-electron chi connectivity index (χ1n) is 1.70. The molecule has 0 atom stereocenters. The van der Waals surface area contributed by atoms with E-state index in [0.717, 1.165) is 21.0 Å². The zero-order valence-electron chi connectivity index (χ0n) is 4.10. The first-order valence-corrected chi connectivity index (χ1v) is 3.33. The molecule has 0 aromatic rings. The van der Waals surface area contributed by atoms with Gasteiger partial charge in [-0.3, -0.25) is 0 Å². The smallest absolute Gasteiger partial charge is 0.149 e. The molecular formula is C2H9O2Si2. The second kappa shape index (κ2) is 3.54. The average Bonchev–Trinajstić information content (AvgIpc) is 1.65. The van der Waals surface area contributed by atoms with E-state index < -0.39 is 0 Å². The summed E-state index contributed by atoms with van der Waals surface area (Å²) < 4.78 is 9.48. The monoisotopic (exact) mass is 121 g/mol. The summed E-state index contributed by atoms with van der Waals surface area (Å²) in [6.45, 7) is 3.50. The Morgan fingerprint density at radius 3 is 1.67 bits per heavy atom. The zero-order chi connectivity index (χ0) is 4.99. The first kappa shape index (κ1) is 6.35. The van der Waals surface area contributed by atoms with Crippen molar-refractivity contribution in [3.05, 3.63) is 6.92 Å². The minimum Gasteiger partial charge on any atom is -0.404 e. The zero-order valence-corrected chi connectivity index (χ0v) is 8.10. The van der Waals surface area contributed by atoms with Gasteiger partial charge in [0.15, 0.2) is 0 Å². The molecular weight excluding hydrogens is 112 g/mol. The van der Waals surface area contributed by atoms with Crippen LogP contribution in [0.1, 0.15) is 0 Å². The van der Waals surface area contributed by atoms with Crippen LogP contribution in [-0.4, -0.2) is 27.3 Å². The molecule has 0 aromatic heterocycles. The third kappa shape index (κ3) is 2.58. The molecule has 0 aliphatic heterocycles. The maximum atomic E-state index is 4.74. The molecule has 0 fully saturated rings. The van der Waals surface area contributed by atoms with Gasteiger partial charge in [-0.15, -0.1) is 0 Å². The summed E-state index contributed by atoms with van der Waals surface area (Å²) in [4.78, 5) is 0. The van der Waals surface area contributed by atoms with Crippen LogP contribution in [0.5, 0.6) is 0 Å². The van der Waals surface area contributed by atoms with Crippen LogP contribution < -0.4 is 0 Å². The summed E-state index contributed by atoms with van der Waals surface area (Å²) >= 11 is 0. The summed E-state index contributed by atoms with van der Waals surface area (Å²) in [5.41, 5.74) is 0. The van der Waals surface area contributed by atoms with Crippen LogP contribution in [0.15, 0.2) is 0 Å². The van der Waals surface area contributed by atoms with Gasteiger partial charge in [-0.05, 0) is 0 Å². The van der Waals surface area contributed by atoms with E-state index in [1.54, 1.807) is 0 Å². The molecule has 0 bridgehead atoms. The molecule has 0 N–H and O–H groups in total. The van der Waals surface area contributed by atoms with Gasteiger partial charge in [0.2, 0.25) is 0 Å². The topological polar surface area (TPSA) is 18.5 Å². The molecule has 0 saturated carbocycles. The quantitative estimate of drug-likeness (QED) is 0.303. The van der Waals surface area contributed by atoms with Gasteiger partial charge < -0.3 is 8.85 Å². The number of rotatable bonds is 2. The van der Waals surface area contributed by atoms with Crippen molar-refractivity contribution in [2.75, 3.05) is 0 Å². The Labute approximate surface area is 43.9 Å². The molecule has 1 radical (unpaired) electrons. The second-order valence-electron chi connectivity index (χ2n) is 0.901. The predicted octanol–water partition coefficient (Wildman–Crippen LogP) is -2.26. The van der Waals surface area contributed by atoms with Gasteiger partial charge in [-0.1, -0.05) is 0 Å². The molecule has 2 nitrogen and oxygen atoms in total. The Kier molecular flexibility index (Phi) is 3.75. The van der Waals surface area contributed by atoms with E-state index >= 15 is 0 Å². The van der Waals surface area contributed by atoms with E-state index in [-0.39, 0.29) is 6.29 Å². The van der Waals surface area contributed by atoms with Crippen molar-refractivity contribution < 1.29 is 8.85 Å². The molecule has 0 saturated heterocycles. The molecule has 37 valence electrons. The van der Waals surface area contributed by atoms with Gasteiger partial charge in [0.25, 0.3) is 0 Å². The Bertz CT molecular complexity index is 28.7. The van der Waals surface area contributed by atoms with Crippen molar-refractivity contribution in [2.45, 2.75) is 6.29 Å². The second-order valence-corrected chi connectivity index (χ2v) is 1.84. The maximum absolute atomic E-state index is 4.74. The fraction of sp³-hybridized carbons (Fsp3) is 0.500. The lowest BCUT2D eigenvalue weighted by Gasteiger charge is -2.04. The first-order chi connectivity index (χ1) is 2.81. The Morgan fingerprint density at radius 2 is 1.67 bits per heavy atom. The number of hydrogen-bond acceptors (Lipinski definition) is 2. The fourth-order valence-corrected chi connectivity index (χ4v) is 0.866. The highest BCUT2D eigenvalue weighted by atomic mass is 28.2. The van der Waals surface area contributed by atoms with E-state index in [2.05, 4.69) is 6.92 Å². The summed E-state index contributed by atoms with van der Waals surface area (Å²) in [6, 6.07) is 0. The Morgan fingerprint density at radius 1 is 1.33 bits per heavy atom. The summed E-state index contributed by atoms with van der Waals surface area (Å²) in [5, 5.41) is 0. The van der Waals surface area contributed by atoms with Crippen molar-refractivity contribution in [2.24, 2.45) is 0 Å². The van der Waals surface area contributed by atoms with Crippen LogP contribution in [0.3, 0.4) is 0 Å². The maximum Gasteiger partial charge on any atom is 0.149 e. The molecule has 0 heterocycles.